The van der Waals surface area contributed by atoms with Crippen LogP contribution in [0.2, 0.25) is 0 Å². The second kappa shape index (κ2) is 4.75. The number of rotatable bonds is 2. The molecular weight excluding hydrogens is 260 g/mol. The molecule has 2 amide bonds. The quantitative estimate of drug-likeness (QED) is 0.850. The Morgan fingerprint density at radius 3 is 2.95 bits per heavy atom. The van der Waals surface area contributed by atoms with Crippen molar-refractivity contribution >= 4 is 33.2 Å². The zero-order chi connectivity index (χ0) is 13.4. The number of imide groups is 1. The Bertz CT molecular complexity index is 650. The molecule has 5 heteroatoms. The van der Waals surface area contributed by atoms with Crippen molar-refractivity contribution < 1.29 is 9.59 Å². The van der Waals surface area contributed by atoms with E-state index in [1.807, 2.05) is 29.6 Å². The van der Waals surface area contributed by atoms with Crippen LogP contribution in [0, 0.1) is 0 Å². The van der Waals surface area contributed by atoms with Gasteiger partial charge in [0, 0.05) is 11.1 Å². The number of carbonyl (C=O) groups is 2. The Hall–Kier alpha value is -1.72. The number of hydrogen-bond acceptors (Lipinski definition) is 4. The number of amides is 2. The monoisotopic (exact) mass is 274 g/mol. The first-order valence-electron chi connectivity index (χ1n) is 6.21. The zero-order valence-corrected chi connectivity index (χ0v) is 11.2. The Kier molecular flexibility index (Phi) is 3.08. The van der Waals surface area contributed by atoms with Crippen molar-refractivity contribution in [3.63, 3.8) is 0 Å². The van der Waals surface area contributed by atoms with E-state index in [4.69, 9.17) is 5.73 Å². The number of likely N-dealkylation sites (tertiary alicyclic amines) is 1. The van der Waals surface area contributed by atoms with Gasteiger partial charge in [-0.1, -0.05) is 18.2 Å². The van der Waals surface area contributed by atoms with Crippen molar-refractivity contribution in [1.29, 1.82) is 0 Å². The normalized spacial score (nSPS) is 20.3. The van der Waals surface area contributed by atoms with Crippen LogP contribution in [0.5, 0.6) is 0 Å². The van der Waals surface area contributed by atoms with Crippen LogP contribution in [0.4, 0.5) is 0 Å². The first-order chi connectivity index (χ1) is 9.16. The van der Waals surface area contributed by atoms with Crippen molar-refractivity contribution in [2.75, 3.05) is 0 Å². The molecule has 1 fully saturated rings. The predicted octanol–water partition coefficient (Wildman–Crippen LogP) is 1.88. The summed E-state index contributed by atoms with van der Waals surface area (Å²) in [6.45, 7) is 0.329. The van der Waals surface area contributed by atoms with E-state index in [0.717, 1.165) is 10.9 Å². The van der Waals surface area contributed by atoms with Crippen molar-refractivity contribution in [1.82, 2.24) is 4.90 Å². The third kappa shape index (κ3) is 2.15. The maximum atomic E-state index is 12.0. The first-order valence-corrected chi connectivity index (χ1v) is 7.09. The third-order valence-corrected chi connectivity index (χ3v) is 4.46. The van der Waals surface area contributed by atoms with Crippen LogP contribution in [-0.2, 0) is 16.1 Å². The number of fused-ring (bicyclic) bond motifs is 1. The van der Waals surface area contributed by atoms with Gasteiger partial charge >= 0.3 is 0 Å². The fraction of sp³-hybridized carbons (Fsp3) is 0.286. The summed E-state index contributed by atoms with van der Waals surface area (Å²) in [7, 11) is 0. The number of benzene rings is 1. The summed E-state index contributed by atoms with van der Waals surface area (Å²) < 4.78 is 1.17. The van der Waals surface area contributed by atoms with Gasteiger partial charge in [-0.15, -0.1) is 11.3 Å². The molecule has 0 radical (unpaired) electrons. The minimum Gasteiger partial charge on any atom is -0.320 e. The second-order valence-electron chi connectivity index (χ2n) is 4.72. The van der Waals surface area contributed by atoms with Crippen molar-refractivity contribution in [2.45, 2.75) is 25.4 Å². The minimum atomic E-state index is -0.539. The van der Waals surface area contributed by atoms with Gasteiger partial charge < -0.3 is 5.73 Å². The SMILES string of the molecule is NC1CCC(=O)N(Cc2csc3ccccc23)C1=O. The van der Waals surface area contributed by atoms with Crippen molar-refractivity contribution in [3.8, 4) is 0 Å². The molecule has 1 atom stereocenters. The van der Waals surface area contributed by atoms with Crippen molar-refractivity contribution in [2.24, 2.45) is 5.73 Å². The van der Waals surface area contributed by atoms with Crippen LogP contribution in [0.25, 0.3) is 10.1 Å². The van der Waals surface area contributed by atoms with Crippen LogP contribution in [0.1, 0.15) is 18.4 Å². The van der Waals surface area contributed by atoms with E-state index in [1.54, 1.807) is 11.3 Å². The summed E-state index contributed by atoms with van der Waals surface area (Å²) >= 11 is 1.63. The van der Waals surface area contributed by atoms with Crippen LogP contribution in [0.3, 0.4) is 0 Å². The van der Waals surface area contributed by atoms with Gasteiger partial charge in [0.05, 0.1) is 12.6 Å². The lowest BCUT2D eigenvalue weighted by Gasteiger charge is -2.28. The predicted molar refractivity (Wildman–Crippen MR) is 74.6 cm³/mol. The summed E-state index contributed by atoms with van der Waals surface area (Å²) in [4.78, 5) is 25.1. The number of hydrogen-bond donors (Lipinski definition) is 1. The Morgan fingerprint density at radius 2 is 2.11 bits per heavy atom. The highest BCUT2D eigenvalue weighted by Crippen LogP contribution is 2.27. The molecule has 3 rings (SSSR count). The standard InChI is InChI=1S/C14H14N2O2S/c15-11-5-6-13(17)16(14(11)18)7-9-8-19-12-4-2-1-3-10(9)12/h1-4,8,11H,5-7,15H2. The van der Waals surface area contributed by atoms with Crippen LogP contribution < -0.4 is 5.73 Å². The van der Waals surface area contributed by atoms with Gasteiger partial charge in [0.2, 0.25) is 11.8 Å². The van der Waals surface area contributed by atoms with Crippen LogP contribution in [0.15, 0.2) is 29.6 Å². The average molecular weight is 274 g/mol. The fourth-order valence-corrected chi connectivity index (χ4v) is 3.31. The lowest BCUT2D eigenvalue weighted by molar-refractivity contribution is -0.149. The summed E-state index contributed by atoms with van der Waals surface area (Å²) in [5.74, 6) is -0.381. The molecule has 4 nitrogen and oxygen atoms in total. The second-order valence-corrected chi connectivity index (χ2v) is 5.63. The highest BCUT2D eigenvalue weighted by molar-refractivity contribution is 7.17. The Morgan fingerprint density at radius 1 is 1.32 bits per heavy atom. The van der Waals surface area contributed by atoms with E-state index in [-0.39, 0.29) is 11.8 Å². The molecule has 1 unspecified atom stereocenters. The zero-order valence-electron chi connectivity index (χ0n) is 10.3. The molecular formula is C14H14N2O2S. The maximum Gasteiger partial charge on any atom is 0.246 e. The van der Waals surface area contributed by atoms with Gasteiger partial charge in [0.1, 0.15) is 0 Å². The maximum absolute atomic E-state index is 12.0. The van der Waals surface area contributed by atoms with E-state index in [9.17, 15) is 9.59 Å². The van der Waals surface area contributed by atoms with Gasteiger partial charge in [0.15, 0.2) is 0 Å². The van der Waals surface area contributed by atoms with Gasteiger partial charge in [0.25, 0.3) is 0 Å². The molecule has 0 saturated carbocycles. The molecule has 19 heavy (non-hydrogen) atoms. The average Bonchev–Trinajstić information content (AvgIpc) is 2.83. The third-order valence-electron chi connectivity index (χ3n) is 3.44. The highest BCUT2D eigenvalue weighted by Gasteiger charge is 2.32. The molecule has 1 aliphatic rings. The minimum absolute atomic E-state index is 0.123. The number of piperidine rings is 1. The molecule has 98 valence electrons. The van der Waals surface area contributed by atoms with Crippen LogP contribution >= 0.6 is 11.3 Å². The Balaban J connectivity index is 1.91. The first kappa shape index (κ1) is 12.3. The molecule has 1 aliphatic heterocycles. The Labute approximate surface area is 114 Å². The van der Waals surface area contributed by atoms with E-state index in [1.165, 1.54) is 9.60 Å². The molecule has 2 aromatic rings. The summed E-state index contributed by atoms with van der Waals surface area (Å²) in [5.41, 5.74) is 6.74. The van der Waals surface area contributed by atoms with Gasteiger partial charge in [-0.25, -0.2) is 0 Å². The summed E-state index contributed by atoms with van der Waals surface area (Å²) in [6, 6.07) is 7.46. The summed E-state index contributed by atoms with van der Waals surface area (Å²) in [5, 5.41) is 3.11. The molecule has 2 N–H and O–H groups in total. The molecule has 1 saturated heterocycles. The van der Waals surface area contributed by atoms with Gasteiger partial charge in [-0.2, -0.15) is 0 Å². The number of nitrogens with zero attached hydrogens (tertiary/aromatic N) is 1. The molecule has 1 aromatic carbocycles. The molecule has 0 spiro atoms. The van der Waals surface area contributed by atoms with E-state index in [0.29, 0.717) is 19.4 Å². The number of thiophene rings is 1. The van der Waals surface area contributed by atoms with E-state index < -0.39 is 6.04 Å². The van der Waals surface area contributed by atoms with E-state index >= 15 is 0 Å². The molecule has 0 bridgehead atoms. The largest absolute Gasteiger partial charge is 0.320 e. The summed E-state index contributed by atoms with van der Waals surface area (Å²) in [6.07, 6.45) is 0.813. The van der Waals surface area contributed by atoms with Crippen molar-refractivity contribution in [3.05, 3.63) is 35.2 Å². The smallest absolute Gasteiger partial charge is 0.246 e. The highest BCUT2D eigenvalue weighted by atomic mass is 32.1. The number of nitrogens with two attached hydrogens (primary N) is 1. The van der Waals surface area contributed by atoms with Gasteiger partial charge in [-0.05, 0) is 28.8 Å². The lowest BCUT2D eigenvalue weighted by atomic mass is 10.0. The molecule has 2 heterocycles. The van der Waals surface area contributed by atoms with Gasteiger partial charge in [-0.3, -0.25) is 14.5 Å². The molecule has 1 aromatic heterocycles. The topological polar surface area (TPSA) is 63.4 Å². The van der Waals surface area contributed by atoms with E-state index in [2.05, 4.69) is 0 Å². The lowest BCUT2D eigenvalue weighted by Crippen LogP contribution is -2.50. The molecule has 0 aliphatic carbocycles. The number of carbonyl (C=O) groups excluding carboxylic acids is 2. The van der Waals surface area contributed by atoms with Crippen LogP contribution in [-0.4, -0.2) is 22.8 Å². The fourth-order valence-electron chi connectivity index (χ4n) is 2.35.